The molecule has 0 N–H and O–H groups in total. The van der Waals surface area contributed by atoms with Crippen LogP contribution in [0.1, 0.15) is 44.4 Å². The number of rotatable bonds is 7. The van der Waals surface area contributed by atoms with Crippen molar-refractivity contribution < 1.29 is 4.79 Å². The summed E-state index contributed by atoms with van der Waals surface area (Å²) in [4.78, 5) is 13.3. The van der Waals surface area contributed by atoms with E-state index in [0.29, 0.717) is 12.2 Å². The van der Waals surface area contributed by atoms with E-state index >= 15 is 0 Å². The quantitative estimate of drug-likeness (QED) is 0.704. The van der Waals surface area contributed by atoms with E-state index in [-0.39, 0.29) is 5.92 Å². The molecule has 0 spiro atoms. The lowest BCUT2D eigenvalue weighted by Gasteiger charge is -2.13. The predicted molar refractivity (Wildman–Crippen MR) is 74.0 cm³/mol. The van der Waals surface area contributed by atoms with Crippen LogP contribution in [0.15, 0.2) is 15.9 Å². The Morgan fingerprint density at radius 2 is 1.94 bits per heavy atom. The van der Waals surface area contributed by atoms with Crippen LogP contribution in [0, 0.1) is 5.92 Å². The van der Waals surface area contributed by atoms with Crippen LogP contribution in [0.3, 0.4) is 0 Å². The molecule has 1 nitrogen and oxygen atoms in total. The van der Waals surface area contributed by atoms with E-state index in [9.17, 15) is 4.79 Å². The van der Waals surface area contributed by atoms with Crippen molar-refractivity contribution in [3.8, 4) is 0 Å². The molecule has 0 amide bonds. The summed E-state index contributed by atoms with van der Waals surface area (Å²) in [5.74, 6) is 0.689. The smallest absolute Gasteiger partial charge is 0.141 e. The molecule has 16 heavy (non-hydrogen) atoms. The molecule has 3 heteroatoms. The second kappa shape index (κ2) is 7.23. The highest BCUT2D eigenvalue weighted by Gasteiger charge is 2.17. The average Bonchev–Trinajstić information content (AvgIpc) is 2.63. The van der Waals surface area contributed by atoms with Gasteiger partial charge in [-0.1, -0.05) is 26.7 Å². The van der Waals surface area contributed by atoms with Crippen molar-refractivity contribution >= 4 is 33.0 Å². The van der Waals surface area contributed by atoms with Gasteiger partial charge in [0.05, 0.1) is 3.79 Å². The van der Waals surface area contributed by atoms with E-state index in [1.54, 1.807) is 11.3 Å². The molecule has 0 aliphatic heterocycles. The van der Waals surface area contributed by atoms with Crippen LogP contribution in [0.4, 0.5) is 0 Å². The minimum atomic E-state index is 0.274. The molecule has 0 aliphatic rings. The number of Topliss-reactive ketones (excluding diaryl/α,β-unsaturated/α-hetero) is 1. The fourth-order valence-corrected chi connectivity index (χ4v) is 3.42. The third kappa shape index (κ3) is 4.38. The topological polar surface area (TPSA) is 17.1 Å². The Labute approximate surface area is 110 Å². The second-order valence-corrected chi connectivity index (χ2v) is 6.67. The molecular weight excluding hydrogens is 284 g/mol. The summed E-state index contributed by atoms with van der Waals surface area (Å²) in [6, 6.07) is 4.06. The average molecular weight is 303 g/mol. The first-order valence-electron chi connectivity index (χ1n) is 5.94. The number of carbonyl (C=O) groups excluding carboxylic acids is 1. The van der Waals surface area contributed by atoms with Gasteiger partial charge >= 0.3 is 0 Å². The number of halogens is 1. The standard InChI is InChI=1S/C13H19BrOS/c1-3-5-10(6-4-2)12(15)9-11-7-8-13(14)16-11/h7-8,10H,3-6,9H2,1-2H3. The van der Waals surface area contributed by atoms with Crippen molar-refractivity contribution in [3.05, 3.63) is 20.8 Å². The molecule has 1 aromatic heterocycles. The molecule has 90 valence electrons. The van der Waals surface area contributed by atoms with E-state index in [4.69, 9.17) is 0 Å². The van der Waals surface area contributed by atoms with Crippen LogP contribution in [0.5, 0.6) is 0 Å². The number of carbonyl (C=O) groups is 1. The third-order valence-electron chi connectivity index (χ3n) is 2.71. The normalized spacial score (nSPS) is 11.0. The van der Waals surface area contributed by atoms with Crippen molar-refractivity contribution in [1.29, 1.82) is 0 Å². The summed E-state index contributed by atoms with van der Waals surface area (Å²) in [5, 5.41) is 0. The van der Waals surface area contributed by atoms with Gasteiger partial charge in [-0.25, -0.2) is 0 Å². The molecule has 0 saturated carbocycles. The van der Waals surface area contributed by atoms with E-state index < -0.39 is 0 Å². The summed E-state index contributed by atoms with van der Waals surface area (Å²) >= 11 is 5.09. The molecule has 0 bridgehead atoms. The zero-order valence-corrected chi connectivity index (χ0v) is 12.4. The van der Waals surface area contributed by atoms with Gasteiger partial charge in [-0.2, -0.15) is 0 Å². The first-order chi connectivity index (χ1) is 7.67. The lowest BCUT2D eigenvalue weighted by atomic mass is 9.92. The summed E-state index contributed by atoms with van der Waals surface area (Å²) in [5.41, 5.74) is 0. The molecule has 0 saturated heterocycles. The summed E-state index contributed by atoms with van der Waals surface area (Å²) in [7, 11) is 0. The van der Waals surface area contributed by atoms with Crippen molar-refractivity contribution in [3.63, 3.8) is 0 Å². The molecule has 0 aromatic carbocycles. The lowest BCUT2D eigenvalue weighted by molar-refractivity contribution is -0.122. The molecule has 0 aliphatic carbocycles. The Kier molecular flexibility index (Phi) is 6.29. The number of ketones is 1. The van der Waals surface area contributed by atoms with Gasteiger partial charge in [-0.15, -0.1) is 11.3 Å². The van der Waals surface area contributed by atoms with Gasteiger partial charge in [-0.3, -0.25) is 4.79 Å². The lowest BCUT2D eigenvalue weighted by Crippen LogP contribution is -2.16. The van der Waals surface area contributed by atoms with Gasteiger partial charge in [-0.05, 0) is 40.9 Å². The minimum absolute atomic E-state index is 0.274. The number of hydrogen-bond donors (Lipinski definition) is 0. The van der Waals surface area contributed by atoms with E-state index in [0.717, 1.165) is 29.5 Å². The van der Waals surface area contributed by atoms with Crippen LogP contribution in [-0.2, 0) is 11.2 Å². The van der Waals surface area contributed by atoms with Crippen LogP contribution in [0.2, 0.25) is 0 Å². The van der Waals surface area contributed by atoms with Crippen LogP contribution in [0.25, 0.3) is 0 Å². The molecule has 1 rings (SSSR count). The fraction of sp³-hybridized carbons (Fsp3) is 0.615. The van der Waals surface area contributed by atoms with Gasteiger partial charge < -0.3 is 0 Å². The molecule has 0 fully saturated rings. The first-order valence-corrected chi connectivity index (χ1v) is 7.55. The van der Waals surface area contributed by atoms with Gasteiger partial charge in [0.25, 0.3) is 0 Å². The van der Waals surface area contributed by atoms with Crippen molar-refractivity contribution in [2.24, 2.45) is 5.92 Å². The molecule has 1 heterocycles. The highest BCUT2D eigenvalue weighted by atomic mass is 79.9. The summed E-state index contributed by atoms with van der Waals surface area (Å²) in [6.07, 6.45) is 4.90. The fourth-order valence-electron chi connectivity index (χ4n) is 1.93. The maximum Gasteiger partial charge on any atom is 0.141 e. The van der Waals surface area contributed by atoms with Gasteiger partial charge in [0, 0.05) is 17.2 Å². The van der Waals surface area contributed by atoms with Crippen LogP contribution >= 0.6 is 27.3 Å². The van der Waals surface area contributed by atoms with Gasteiger partial charge in [0.2, 0.25) is 0 Å². The third-order valence-corrected chi connectivity index (χ3v) is 4.33. The predicted octanol–water partition coefficient (Wildman–Crippen LogP) is 4.84. The highest BCUT2D eigenvalue weighted by molar-refractivity contribution is 9.11. The molecule has 0 unspecified atom stereocenters. The zero-order chi connectivity index (χ0) is 12.0. The molecular formula is C13H19BrOS. The van der Waals surface area contributed by atoms with E-state index in [1.165, 1.54) is 4.88 Å². The van der Waals surface area contributed by atoms with Gasteiger partial charge in [0.1, 0.15) is 5.78 Å². The Balaban J connectivity index is 2.54. The van der Waals surface area contributed by atoms with Crippen molar-refractivity contribution in [1.82, 2.24) is 0 Å². The van der Waals surface area contributed by atoms with Crippen LogP contribution < -0.4 is 0 Å². The maximum atomic E-state index is 12.1. The van der Waals surface area contributed by atoms with Crippen molar-refractivity contribution in [2.45, 2.75) is 46.0 Å². The minimum Gasteiger partial charge on any atom is -0.299 e. The number of thiophene rings is 1. The highest BCUT2D eigenvalue weighted by Crippen LogP contribution is 2.24. The van der Waals surface area contributed by atoms with E-state index in [2.05, 4.69) is 29.8 Å². The van der Waals surface area contributed by atoms with Crippen molar-refractivity contribution in [2.75, 3.05) is 0 Å². The van der Waals surface area contributed by atoms with Gasteiger partial charge in [0.15, 0.2) is 0 Å². The second-order valence-electron chi connectivity index (χ2n) is 4.12. The molecule has 0 atom stereocenters. The Morgan fingerprint density at radius 1 is 1.31 bits per heavy atom. The number of hydrogen-bond acceptors (Lipinski definition) is 2. The van der Waals surface area contributed by atoms with Crippen LogP contribution in [-0.4, -0.2) is 5.78 Å². The summed E-state index contributed by atoms with van der Waals surface area (Å²) < 4.78 is 1.11. The largest absolute Gasteiger partial charge is 0.299 e. The monoisotopic (exact) mass is 302 g/mol. The zero-order valence-electron chi connectivity index (χ0n) is 9.96. The summed E-state index contributed by atoms with van der Waals surface area (Å²) in [6.45, 7) is 4.30. The molecule has 0 radical (unpaired) electrons. The maximum absolute atomic E-state index is 12.1. The molecule has 1 aromatic rings. The Bertz CT molecular complexity index is 326. The first kappa shape index (κ1) is 13.9. The SMILES string of the molecule is CCCC(CCC)C(=O)Cc1ccc(Br)s1. The Morgan fingerprint density at radius 3 is 2.38 bits per heavy atom. The Hall–Kier alpha value is -0.150. The van der Waals surface area contributed by atoms with E-state index in [1.807, 2.05) is 12.1 Å².